The van der Waals surface area contributed by atoms with E-state index in [2.05, 4.69) is 10.2 Å². The molecular weight excluding hydrogens is 282 g/mol. The van der Waals surface area contributed by atoms with Crippen LogP contribution in [0.25, 0.3) is 11.3 Å². The molecule has 1 aliphatic heterocycles. The maximum absolute atomic E-state index is 12.4. The molecule has 22 heavy (non-hydrogen) atoms. The number of amides is 1. The second-order valence-electron chi connectivity index (χ2n) is 5.61. The Hall–Kier alpha value is -2.63. The van der Waals surface area contributed by atoms with Crippen molar-refractivity contribution in [3.05, 3.63) is 41.6 Å². The lowest BCUT2D eigenvalue weighted by Crippen LogP contribution is -2.30. The molecule has 0 spiro atoms. The van der Waals surface area contributed by atoms with Crippen LogP contribution in [0.2, 0.25) is 0 Å². The number of nitrogens with zero attached hydrogens (tertiary/aromatic N) is 2. The number of carboxylic acids is 1. The zero-order valence-electron chi connectivity index (χ0n) is 12.2. The van der Waals surface area contributed by atoms with Gasteiger partial charge in [-0.05, 0) is 19.4 Å². The van der Waals surface area contributed by atoms with Crippen molar-refractivity contribution in [2.24, 2.45) is 5.92 Å². The first-order valence-electron chi connectivity index (χ1n) is 7.19. The maximum atomic E-state index is 12.4. The van der Waals surface area contributed by atoms with E-state index in [4.69, 9.17) is 5.11 Å². The molecule has 1 aromatic carbocycles. The molecule has 0 radical (unpaired) electrons. The van der Waals surface area contributed by atoms with Gasteiger partial charge in [-0.3, -0.25) is 14.7 Å². The van der Waals surface area contributed by atoms with Crippen LogP contribution < -0.4 is 0 Å². The van der Waals surface area contributed by atoms with Crippen LogP contribution in [0.15, 0.2) is 30.3 Å². The number of aromatic amines is 1. The van der Waals surface area contributed by atoms with E-state index in [1.807, 2.05) is 31.2 Å². The number of carboxylic acid groups (broad SMARTS) is 1. The number of carbonyl (C=O) groups excluding carboxylic acids is 1. The van der Waals surface area contributed by atoms with Crippen LogP contribution in [-0.4, -0.2) is 45.2 Å². The standard InChI is InChI=1S/C16H17N3O3/c1-10-2-4-11(5-3-10)13-8-14(18-17-13)15(20)19-7-6-12(9-19)16(21)22/h2-5,8,12H,6-7,9H2,1H3,(H,17,18)(H,21,22)/t12-/m0/s1. The third-order valence-electron chi connectivity index (χ3n) is 3.98. The van der Waals surface area contributed by atoms with Gasteiger partial charge in [0.1, 0.15) is 5.69 Å². The molecule has 114 valence electrons. The molecule has 6 heteroatoms. The van der Waals surface area contributed by atoms with Gasteiger partial charge >= 0.3 is 5.97 Å². The summed E-state index contributed by atoms with van der Waals surface area (Å²) in [6.07, 6.45) is 0.500. The van der Waals surface area contributed by atoms with Gasteiger partial charge in [-0.25, -0.2) is 0 Å². The van der Waals surface area contributed by atoms with E-state index in [9.17, 15) is 9.59 Å². The summed E-state index contributed by atoms with van der Waals surface area (Å²) in [4.78, 5) is 24.9. The average molecular weight is 299 g/mol. The van der Waals surface area contributed by atoms with E-state index in [1.165, 1.54) is 0 Å². The van der Waals surface area contributed by atoms with E-state index in [0.717, 1.165) is 11.1 Å². The molecule has 1 aromatic heterocycles. The number of aromatic nitrogens is 2. The van der Waals surface area contributed by atoms with E-state index >= 15 is 0 Å². The number of likely N-dealkylation sites (tertiary alicyclic amines) is 1. The lowest BCUT2D eigenvalue weighted by molar-refractivity contribution is -0.141. The third-order valence-corrected chi connectivity index (χ3v) is 3.98. The van der Waals surface area contributed by atoms with Gasteiger partial charge in [-0.1, -0.05) is 29.8 Å². The zero-order chi connectivity index (χ0) is 15.7. The minimum Gasteiger partial charge on any atom is -0.481 e. The number of carbonyl (C=O) groups is 2. The van der Waals surface area contributed by atoms with Crippen molar-refractivity contribution in [2.45, 2.75) is 13.3 Å². The lowest BCUT2D eigenvalue weighted by atomic mass is 10.1. The van der Waals surface area contributed by atoms with Crippen molar-refractivity contribution >= 4 is 11.9 Å². The number of aliphatic carboxylic acids is 1. The third kappa shape index (κ3) is 2.72. The number of hydrogen-bond donors (Lipinski definition) is 2. The Morgan fingerprint density at radius 3 is 2.68 bits per heavy atom. The van der Waals surface area contributed by atoms with Crippen LogP contribution in [0.4, 0.5) is 0 Å². The lowest BCUT2D eigenvalue weighted by Gasteiger charge is -2.13. The van der Waals surface area contributed by atoms with Crippen molar-refractivity contribution in [3.8, 4) is 11.3 Å². The zero-order valence-corrected chi connectivity index (χ0v) is 12.2. The second-order valence-corrected chi connectivity index (χ2v) is 5.61. The molecule has 0 aliphatic carbocycles. The minimum atomic E-state index is -0.847. The van der Waals surface area contributed by atoms with Crippen LogP contribution in [-0.2, 0) is 4.79 Å². The van der Waals surface area contributed by atoms with Crippen molar-refractivity contribution in [3.63, 3.8) is 0 Å². The van der Waals surface area contributed by atoms with Crippen LogP contribution in [0.5, 0.6) is 0 Å². The summed E-state index contributed by atoms with van der Waals surface area (Å²) < 4.78 is 0. The Balaban J connectivity index is 1.75. The number of benzene rings is 1. The molecule has 0 saturated carbocycles. The molecule has 2 aromatic rings. The number of hydrogen-bond acceptors (Lipinski definition) is 3. The smallest absolute Gasteiger partial charge is 0.308 e. The maximum Gasteiger partial charge on any atom is 0.308 e. The highest BCUT2D eigenvalue weighted by molar-refractivity contribution is 5.94. The summed E-state index contributed by atoms with van der Waals surface area (Å²) >= 11 is 0. The van der Waals surface area contributed by atoms with Crippen molar-refractivity contribution in [2.75, 3.05) is 13.1 Å². The van der Waals surface area contributed by atoms with Gasteiger partial charge in [0.15, 0.2) is 0 Å². The highest BCUT2D eigenvalue weighted by atomic mass is 16.4. The van der Waals surface area contributed by atoms with Crippen LogP contribution in [0.1, 0.15) is 22.5 Å². The number of rotatable bonds is 3. The number of nitrogens with one attached hydrogen (secondary N) is 1. The molecule has 1 aliphatic rings. The van der Waals surface area contributed by atoms with Crippen LogP contribution in [0.3, 0.4) is 0 Å². The van der Waals surface area contributed by atoms with Gasteiger partial charge in [0.05, 0.1) is 11.6 Å². The summed E-state index contributed by atoms with van der Waals surface area (Å²) in [5.41, 5.74) is 3.19. The normalized spacial score (nSPS) is 17.7. The largest absolute Gasteiger partial charge is 0.481 e. The summed E-state index contributed by atoms with van der Waals surface area (Å²) in [5, 5.41) is 15.9. The monoisotopic (exact) mass is 299 g/mol. The molecule has 1 saturated heterocycles. The van der Waals surface area contributed by atoms with E-state index in [-0.39, 0.29) is 12.5 Å². The quantitative estimate of drug-likeness (QED) is 0.906. The molecule has 1 fully saturated rings. The SMILES string of the molecule is Cc1ccc(-c2cc(C(=O)N3CC[C@H](C(=O)O)C3)[nH]n2)cc1. The summed E-state index contributed by atoms with van der Waals surface area (Å²) in [7, 11) is 0. The van der Waals surface area contributed by atoms with Gasteiger partial charge in [0.25, 0.3) is 5.91 Å². The van der Waals surface area contributed by atoms with Crippen molar-refractivity contribution in [1.29, 1.82) is 0 Å². The Morgan fingerprint density at radius 1 is 1.32 bits per heavy atom. The second kappa shape index (κ2) is 5.63. The predicted octanol–water partition coefficient (Wildman–Crippen LogP) is 1.93. The minimum absolute atomic E-state index is 0.199. The van der Waals surface area contributed by atoms with E-state index in [0.29, 0.717) is 24.4 Å². The van der Waals surface area contributed by atoms with Gasteiger partial charge in [-0.15, -0.1) is 0 Å². The predicted molar refractivity (Wildman–Crippen MR) is 80.4 cm³/mol. The highest BCUT2D eigenvalue weighted by Crippen LogP contribution is 2.21. The fraction of sp³-hybridized carbons (Fsp3) is 0.312. The Morgan fingerprint density at radius 2 is 2.05 bits per heavy atom. The number of aryl methyl sites for hydroxylation is 1. The fourth-order valence-corrected chi connectivity index (χ4v) is 2.62. The topological polar surface area (TPSA) is 86.3 Å². The number of H-pyrrole nitrogens is 1. The van der Waals surface area contributed by atoms with Crippen LogP contribution >= 0.6 is 0 Å². The molecule has 2 N–H and O–H groups in total. The van der Waals surface area contributed by atoms with Crippen molar-refractivity contribution < 1.29 is 14.7 Å². The van der Waals surface area contributed by atoms with E-state index < -0.39 is 11.9 Å². The molecule has 6 nitrogen and oxygen atoms in total. The molecule has 2 heterocycles. The summed E-state index contributed by atoms with van der Waals surface area (Å²) in [6, 6.07) is 9.60. The average Bonchev–Trinajstić information content (AvgIpc) is 3.17. The van der Waals surface area contributed by atoms with Gasteiger partial charge < -0.3 is 10.0 Å². The summed E-state index contributed by atoms with van der Waals surface area (Å²) in [6.45, 7) is 2.73. The Bertz CT molecular complexity index is 706. The molecule has 3 rings (SSSR count). The fourth-order valence-electron chi connectivity index (χ4n) is 2.62. The molecular formula is C16H17N3O3. The van der Waals surface area contributed by atoms with E-state index in [1.54, 1.807) is 11.0 Å². The highest BCUT2D eigenvalue weighted by Gasteiger charge is 2.31. The first-order chi connectivity index (χ1) is 10.5. The molecule has 1 atom stereocenters. The first kappa shape index (κ1) is 14.3. The first-order valence-corrected chi connectivity index (χ1v) is 7.19. The van der Waals surface area contributed by atoms with Gasteiger partial charge in [-0.2, -0.15) is 5.10 Å². The Labute approximate surface area is 127 Å². The van der Waals surface area contributed by atoms with Crippen LogP contribution in [0, 0.1) is 12.8 Å². The molecule has 1 amide bonds. The van der Waals surface area contributed by atoms with Gasteiger partial charge in [0, 0.05) is 18.7 Å². The van der Waals surface area contributed by atoms with Crippen molar-refractivity contribution in [1.82, 2.24) is 15.1 Å². The summed E-state index contributed by atoms with van der Waals surface area (Å²) in [5.74, 6) is -1.52. The molecule has 0 unspecified atom stereocenters. The Kier molecular flexibility index (Phi) is 3.66. The molecule has 0 bridgehead atoms. The van der Waals surface area contributed by atoms with Gasteiger partial charge in [0.2, 0.25) is 0 Å².